The Balaban J connectivity index is 1.10. The van der Waals surface area contributed by atoms with Crippen molar-refractivity contribution < 1.29 is 0 Å². The molecule has 294 valence electrons. The molecule has 0 bridgehead atoms. The molecule has 0 amide bonds. The van der Waals surface area contributed by atoms with Crippen LogP contribution in [0.25, 0.3) is 120 Å². The number of fused-ring (bicyclic) bond motifs is 10. The average molecular weight is 822 g/mol. The predicted octanol–water partition coefficient (Wildman–Crippen LogP) is 15.1. The van der Waals surface area contributed by atoms with Gasteiger partial charge in [0.25, 0.3) is 0 Å². The average Bonchev–Trinajstić information content (AvgIpc) is 4.02. The van der Waals surface area contributed by atoms with Crippen molar-refractivity contribution in [3.8, 4) is 56.7 Å². The van der Waals surface area contributed by atoms with Crippen LogP contribution in [0.3, 0.4) is 0 Å². The highest BCUT2D eigenvalue weighted by Gasteiger charge is 2.24. The third kappa shape index (κ3) is 5.59. The lowest BCUT2D eigenvalue weighted by atomic mass is 9.94. The van der Waals surface area contributed by atoms with Crippen LogP contribution >= 0.6 is 11.3 Å². The summed E-state index contributed by atoms with van der Waals surface area (Å²) in [7, 11) is 0. The van der Waals surface area contributed by atoms with Gasteiger partial charge in [-0.3, -0.25) is 4.57 Å². The quantitative estimate of drug-likeness (QED) is 0.168. The number of hydrogen-bond donors (Lipinski definition) is 0. The van der Waals surface area contributed by atoms with Gasteiger partial charge in [-0.05, 0) is 58.7 Å². The smallest absolute Gasteiger partial charge is 0.238 e. The summed E-state index contributed by atoms with van der Waals surface area (Å²) in [5.41, 5.74) is 12.1. The third-order valence-corrected chi connectivity index (χ3v) is 13.6. The van der Waals surface area contributed by atoms with Gasteiger partial charge in [-0.25, -0.2) is 4.98 Å². The zero-order valence-electron chi connectivity index (χ0n) is 33.9. The molecule has 9 aromatic carbocycles. The van der Waals surface area contributed by atoms with Gasteiger partial charge in [0.1, 0.15) is 0 Å². The van der Waals surface area contributed by atoms with E-state index >= 15 is 0 Å². The van der Waals surface area contributed by atoms with Crippen LogP contribution in [-0.4, -0.2) is 24.1 Å². The van der Waals surface area contributed by atoms with Crippen LogP contribution in [0.2, 0.25) is 0 Å². The molecule has 0 N–H and O–H groups in total. The Kier molecular flexibility index (Phi) is 8.01. The normalized spacial score (nSPS) is 11.8. The number of thiophene rings is 1. The molecule has 0 spiro atoms. The van der Waals surface area contributed by atoms with E-state index in [-0.39, 0.29) is 0 Å². The monoisotopic (exact) mass is 821 g/mol. The molecule has 0 saturated carbocycles. The Morgan fingerprint density at radius 1 is 0.317 bits per heavy atom. The standard InChI is InChI=1S/C57H35N5S/c1-3-16-36(17-4-1)40-20-7-8-21-41(40)37-30-32-39(33-31-37)61-48-26-12-9-22-42(48)44-34-35-45-43-23-10-13-27-49(43)62(54(45)53(44)61)57-59-55(38-18-5-2-6-19-38)58-56(60-57)47-25-15-29-51-52(47)46-24-11-14-28-50(46)63-51/h1-35H. The molecule has 0 fully saturated rings. The summed E-state index contributed by atoms with van der Waals surface area (Å²) >= 11 is 1.80. The van der Waals surface area contributed by atoms with Gasteiger partial charge in [0.05, 0.1) is 22.1 Å². The van der Waals surface area contributed by atoms with Crippen molar-refractivity contribution in [3.63, 3.8) is 0 Å². The summed E-state index contributed by atoms with van der Waals surface area (Å²) in [6.07, 6.45) is 0. The van der Waals surface area contributed by atoms with E-state index in [1.807, 2.05) is 18.2 Å². The molecule has 0 unspecified atom stereocenters. The molecule has 6 heteroatoms. The number of rotatable bonds is 6. The number of para-hydroxylation sites is 2. The lowest BCUT2D eigenvalue weighted by molar-refractivity contribution is 0.954. The van der Waals surface area contributed by atoms with E-state index in [4.69, 9.17) is 15.0 Å². The van der Waals surface area contributed by atoms with Crippen molar-refractivity contribution in [2.45, 2.75) is 0 Å². The zero-order chi connectivity index (χ0) is 41.4. The summed E-state index contributed by atoms with van der Waals surface area (Å²) in [6.45, 7) is 0. The van der Waals surface area contributed by atoms with E-state index in [1.54, 1.807) is 11.3 Å². The molecule has 13 rings (SSSR count). The van der Waals surface area contributed by atoms with Crippen molar-refractivity contribution in [2.24, 2.45) is 0 Å². The first-order valence-corrected chi connectivity index (χ1v) is 22.0. The number of benzene rings is 9. The maximum absolute atomic E-state index is 5.49. The lowest BCUT2D eigenvalue weighted by Gasteiger charge is -2.14. The fourth-order valence-corrected chi connectivity index (χ4v) is 10.8. The minimum absolute atomic E-state index is 0.568. The third-order valence-electron chi connectivity index (χ3n) is 12.4. The second-order valence-corrected chi connectivity index (χ2v) is 17.0. The molecule has 4 aromatic heterocycles. The lowest BCUT2D eigenvalue weighted by Crippen LogP contribution is -2.07. The van der Waals surface area contributed by atoms with Crippen LogP contribution in [0.1, 0.15) is 0 Å². The molecule has 4 heterocycles. The Hall–Kier alpha value is -8.19. The Morgan fingerprint density at radius 3 is 1.52 bits per heavy atom. The van der Waals surface area contributed by atoms with Gasteiger partial charge in [0.15, 0.2) is 11.6 Å². The fraction of sp³-hybridized carbons (Fsp3) is 0. The maximum Gasteiger partial charge on any atom is 0.238 e. The molecule has 0 aliphatic rings. The maximum atomic E-state index is 5.49. The van der Waals surface area contributed by atoms with Crippen LogP contribution in [0.15, 0.2) is 212 Å². The molecule has 0 atom stereocenters. The van der Waals surface area contributed by atoms with Gasteiger partial charge in [-0.2, -0.15) is 9.97 Å². The highest BCUT2D eigenvalue weighted by Crippen LogP contribution is 2.43. The Labute approximate surface area is 366 Å². The highest BCUT2D eigenvalue weighted by atomic mass is 32.1. The van der Waals surface area contributed by atoms with Crippen LogP contribution in [0.5, 0.6) is 0 Å². The van der Waals surface area contributed by atoms with E-state index in [0.717, 1.165) is 66.0 Å². The number of nitrogens with zero attached hydrogens (tertiary/aromatic N) is 5. The minimum atomic E-state index is 0.568. The van der Waals surface area contributed by atoms with Crippen LogP contribution in [0.4, 0.5) is 0 Å². The highest BCUT2D eigenvalue weighted by molar-refractivity contribution is 7.25. The van der Waals surface area contributed by atoms with Gasteiger partial charge < -0.3 is 4.57 Å². The second-order valence-electron chi connectivity index (χ2n) is 15.9. The molecule has 13 aromatic rings. The molecular formula is C57H35N5S. The zero-order valence-corrected chi connectivity index (χ0v) is 34.7. The number of hydrogen-bond acceptors (Lipinski definition) is 4. The number of aromatic nitrogens is 5. The molecular weight excluding hydrogens is 787 g/mol. The first kappa shape index (κ1) is 35.6. The first-order chi connectivity index (χ1) is 31.3. The van der Waals surface area contributed by atoms with E-state index in [9.17, 15) is 0 Å². The molecule has 63 heavy (non-hydrogen) atoms. The van der Waals surface area contributed by atoms with Gasteiger partial charge in [0.2, 0.25) is 5.95 Å². The molecule has 0 radical (unpaired) electrons. The van der Waals surface area contributed by atoms with Crippen LogP contribution in [0, 0.1) is 0 Å². The summed E-state index contributed by atoms with van der Waals surface area (Å²) < 4.78 is 7.14. The van der Waals surface area contributed by atoms with Crippen molar-refractivity contribution in [1.82, 2.24) is 24.1 Å². The largest absolute Gasteiger partial charge is 0.307 e. The Bertz CT molecular complexity index is 3900. The van der Waals surface area contributed by atoms with E-state index < -0.39 is 0 Å². The second kappa shape index (κ2) is 14.2. The predicted molar refractivity (Wildman–Crippen MR) is 263 cm³/mol. The fourth-order valence-electron chi connectivity index (χ4n) is 9.63. The summed E-state index contributed by atoms with van der Waals surface area (Å²) in [5.74, 6) is 1.83. The topological polar surface area (TPSA) is 48.5 Å². The van der Waals surface area contributed by atoms with Crippen molar-refractivity contribution in [1.29, 1.82) is 0 Å². The molecule has 0 saturated heterocycles. The molecule has 0 aliphatic heterocycles. The Morgan fingerprint density at radius 2 is 0.825 bits per heavy atom. The van der Waals surface area contributed by atoms with E-state index in [2.05, 4.69) is 203 Å². The van der Waals surface area contributed by atoms with Gasteiger partial charge >= 0.3 is 0 Å². The van der Waals surface area contributed by atoms with Crippen LogP contribution in [-0.2, 0) is 0 Å². The van der Waals surface area contributed by atoms with Gasteiger partial charge in [0, 0.05) is 58.5 Å². The van der Waals surface area contributed by atoms with Crippen molar-refractivity contribution in [2.75, 3.05) is 0 Å². The summed E-state index contributed by atoms with van der Waals surface area (Å²) in [5, 5.41) is 6.97. The van der Waals surface area contributed by atoms with Crippen molar-refractivity contribution in [3.05, 3.63) is 212 Å². The minimum Gasteiger partial charge on any atom is -0.307 e. The van der Waals surface area contributed by atoms with E-state index in [1.165, 1.54) is 36.9 Å². The van der Waals surface area contributed by atoms with Crippen molar-refractivity contribution >= 4 is 75.1 Å². The van der Waals surface area contributed by atoms with Gasteiger partial charge in [-0.1, -0.05) is 176 Å². The summed E-state index contributed by atoms with van der Waals surface area (Å²) in [4.78, 5) is 16.1. The molecule has 0 aliphatic carbocycles. The van der Waals surface area contributed by atoms with E-state index in [0.29, 0.717) is 17.6 Å². The molecule has 5 nitrogen and oxygen atoms in total. The first-order valence-electron chi connectivity index (χ1n) is 21.2. The summed E-state index contributed by atoms with van der Waals surface area (Å²) in [6, 6.07) is 75.6. The van der Waals surface area contributed by atoms with Crippen LogP contribution < -0.4 is 0 Å². The van der Waals surface area contributed by atoms with Gasteiger partial charge in [-0.15, -0.1) is 11.3 Å². The SMILES string of the molecule is c1ccc(-c2nc(-c3cccc4sc5ccccc5c34)nc(-n3c4ccccc4c4ccc5c6ccccc6n(-c6ccc(-c7ccccc7-c7ccccc7)cc6)c5c43)n2)cc1.